The lowest BCUT2D eigenvalue weighted by molar-refractivity contribution is -0.122. The maximum atomic E-state index is 12.9. The van der Waals surface area contributed by atoms with Crippen LogP contribution in [0.25, 0.3) is 22.4 Å². The molecule has 0 saturated carbocycles. The van der Waals surface area contributed by atoms with E-state index in [0.717, 1.165) is 28.0 Å². The number of para-hydroxylation sites is 2. The first kappa shape index (κ1) is 25.3. The molecule has 0 saturated heterocycles. The fraction of sp³-hybridized carbons (Fsp3) is 0.250. The van der Waals surface area contributed by atoms with Crippen LogP contribution in [-0.2, 0) is 18.3 Å². The molecule has 1 heterocycles. The highest BCUT2D eigenvalue weighted by Gasteiger charge is 2.22. The second-order valence-electron chi connectivity index (χ2n) is 8.84. The molecule has 2 amide bonds. The Morgan fingerprint density at radius 3 is 2.42 bits per heavy atom. The van der Waals surface area contributed by atoms with Gasteiger partial charge < -0.3 is 19.9 Å². The quantitative estimate of drug-likeness (QED) is 0.362. The maximum absolute atomic E-state index is 12.9. The van der Waals surface area contributed by atoms with E-state index in [2.05, 4.69) is 15.2 Å². The molecule has 1 unspecified atom stereocenters. The summed E-state index contributed by atoms with van der Waals surface area (Å²) >= 11 is 6.28. The van der Waals surface area contributed by atoms with E-state index in [4.69, 9.17) is 21.3 Å². The number of carbonyl (C=O) groups is 2. The number of aromatic nitrogens is 2. The fourth-order valence-electron chi connectivity index (χ4n) is 4.05. The first-order chi connectivity index (χ1) is 17.3. The summed E-state index contributed by atoms with van der Waals surface area (Å²) in [5.74, 6) is 0.694. The van der Waals surface area contributed by atoms with Crippen molar-refractivity contribution in [3.63, 3.8) is 0 Å². The molecule has 0 radical (unpaired) electrons. The Bertz CT molecular complexity index is 1400. The van der Waals surface area contributed by atoms with Crippen LogP contribution in [-0.4, -0.2) is 40.6 Å². The summed E-state index contributed by atoms with van der Waals surface area (Å²) in [6.45, 7) is 3.80. The van der Waals surface area contributed by atoms with Crippen molar-refractivity contribution in [2.24, 2.45) is 7.05 Å². The SMILES string of the molecule is CNC(=O)C(Cc1ccc(-c2nc3ccccc3n2C)cc1)NC(=O)c1ccc(OC(C)C)c(Cl)c1. The van der Waals surface area contributed by atoms with Crippen molar-refractivity contribution in [2.75, 3.05) is 7.05 Å². The molecular formula is C28H29ClN4O3. The van der Waals surface area contributed by atoms with Crippen LogP contribution in [0.5, 0.6) is 5.75 Å². The number of likely N-dealkylation sites (N-methyl/N-ethyl adjacent to an activating group) is 1. The summed E-state index contributed by atoms with van der Waals surface area (Å²) in [4.78, 5) is 30.2. The van der Waals surface area contributed by atoms with Gasteiger partial charge in [-0.1, -0.05) is 48.0 Å². The highest BCUT2D eigenvalue weighted by atomic mass is 35.5. The third-order valence-corrected chi connectivity index (χ3v) is 6.16. The van der Waals surface area contributed by atoms with Gasteiger partial charge in [-0.25, -0.2) is 4.98 Å². The van der Waals surface area contributed by atoms with Gasteiger partial charge in [-0.2, -0.15) is 0 Å². The maximum Gasteiger partial charge on any atom is 0.251 e. The Morgan fingerprint density at radius 2 is 1.78 bits per heavy atom. The molecule has 4 rings (SSSR count). The Hall–Kier alpha value is -3.84. The van der Waals surface area contributed by atoms with Crippen LogP contribution in [0.2, 0.25) is 5.02 Å². The van der Waals surface area contributed by atoms with Crippen LogP contribution >= 0.6 is 11.6 Å². The number of aryl methyl sites for hydroxylation is 1. The van der Waals surface area contributed by atoms with Crippen molar-refractivity contribution >= 4 is 34.4 Å². The van der Waals surface area contributed by atoms with E-state index in [-0.39, 0.29) is 12.0 Å². The third-order valence-electron chi connectivity index (χ3n) is 5.86. The average molecular weight is 505 g/mol. The molecule has 2 N–H and O–H groups in total. The summed E-state index contributed by atoms with van der Waals surface area (Å²) in [5.41, 5.74) is 4.22. The molecule has 0 bridgehead atoms. The molecule has 186 valence electrons. The number of nitrogens with zero attached hydrogens (tertiary/aromatic N) is 2. The van der Waals surface area contributed by atoms with Gasteiger partial charge in [-0.05, 0) is 49.7 Å². The molecule has 1 aromatic heterocycles. The molecule has 3 aromatic carbocycles. The van der Waals surface area contributed by atoms with Gasteiger partial charge in [0.2, 0.25) is 5.91 Å². The Balaban J connectivity index is 1.50. The fourth-order valence-corrected chi connectivity index (χ4v) is 4.27. The van der Waals surface area contributed by atoms with Crippen LogP contribution in [0.4, 0.5) is 0 Å². The summed E-state index contributed by atoms with van der Waals surface area (Å²) in [6.07, 6.45) is 0.291. The summed E-state index contributed by atoms with van der Waals surface area (Å²) in [7, 11) is 3.54. The second-order valence-corrected chi connectivity index (χ2v) is 9.24. The van der Waals surface area contributed by atoms with E-state index >= 15 is 0 Å². The van der Waals surface area contributed by atoms with Crippen LogP contribution < -0.4 is 15.4 Å². The standard InChI is InChI=1S/C28H29ClN4O3/c1-17(2)36-25-14-13-20(16-21(25)29)27(34)32-23(28(35)30-3)15-18-9-11-19(12-10-18)26-31-22-7-5-6-8-24(22)33(26)4/h5-14,16-17,23H,15H2,1-4H3,(H,30,35)(H,32,34). The van der Waals surface area contributed by atoms with Crippen molar-refractivity contribution in [3.05, 3.63) is 82.9 Å². The molecule has 0 aliphatic carbocycles. The lowest BCUT2D eigenvalue weighted by Crippen LogP contribution is -2.47. The van der Waals surface area contributed by atoms with Gasteiger partial charge in [0, 0.05) is 31.6 Å². The van der Waals surface area contributed by atoms with Gasteiger partial charge in [0.1, 0.15) is 17.6 Å². The number of nitrogens with one attached hydrogen (secondary N) is 2. The number of hydrogen-bond acceptors (Lipinski definition) is 4. The van der Waals surface area contributed by atoms with Gasteiger partial charge in [0.05, 0.1) is 22.2 Å². The minimum atomic E-state index is -0.755. The number of imidazole rings is 1. The molecule has 36 heavy (non-hydrogen) atoms. The largest absolute Gasteiger partial charge is 0.489 e. The molecule has 0 fully saturated rings. The van der Waals surface area contributed by atoms with E-state index in [9.17, 15) is 9.59 Å². The van der Waals surface area contributed by atoms with E-state index in [1.54, 1.807) is 25.2 Å². The topological polar surface area (TPSA) is 85.3 Å². The minimum Gasteiger partial charge on any atom is -0.489 e. The number of ether oxygens (including phenoxy) is 1. The van der Waals surface area contributed by atoms with Crippen molar-refractivity contribution < 1.29 is 14.3 Å². The molecule has 1 atom stereocenters. The zero-order chi connectivity index (χ0) is 25.8. The van der Waals surface area contributed by atoms with Crippen LogP contribution in [0.15, 0.2) is 66.7 Å². The van der Waals surface area contributed by atoms with Crippen molar-refractivity contribution in [1.82, 2.24) is 20.2 Å². The number of carbonyl (C=O) groups excluding carboxylic acids is 2. The van der Waals surface area contributed by atoms with Gasteiger partial charge in [0.15, 0.2) is 0 Å². The van der Waals surface area contributed by atoms with Gasteiger partial charge >= 0.3 is 0 Å². The van der Waals surface area contributed by atoms with Gasteiger partial charge in [-0.3, -0.25) is 9.59 Å². The first-order valence-electron chi connectivity index (χ1n) is 11.8. The first-order valence-corrected chi connectivity index (χ1v) is 12.1. The van der Waals surface area contributed by atoms with E-state index < -0.39 is 11.9 Å². The Labute approximate surface area is 215 Å². The van der Waals surface area contributed by atoms with Crippen molar-refractivity contribution in [2.45, 2.75) is 32.4 Å². The van der Waals surface area contributed by atoms with Crippen LogP contribution in [0.3, 0.4) is 0 Å². The minimum absolute atomic E-state index is 0.0392. The Morgan fingerprint density at radius 1 is 1.06 bits per heavy atom. The van der Waals surface area contributed by atoms with E-state index in [0.29, 0.717) is 22.8 Å². The molecule has 7 nitrogen and oxygen atoms in total. The highest BCUT2D eigenvalue weighted by molar-refractivity contribution is 6.32. The molecule has 4 aromatic rings. The molecule has 8 heteroatoms. The van der Waals surface area contributed by atoms with E-state index in [1.807, 2.05) is 69.4 Å². The van der Waals surface area contributed by atoms with Crippen LogP contribution in [0.1, 0.15) is 29.8 Å². The average Bonchev–Trinajstić information content (AvgIpc) is 3.21. The molecule has 0 spiro atoms. The zero-order valence-electron chi connectivity index (χ0n) is 20.7. The second kappa shape index (κ2) is 10.8. The summed E-state index contributed by atoms with van der Waals surface area (Å²) in [6, 6.07) is 19.9. The van der Waals surface area contributed by atoms with Crippen molar-refractivity contribution in [3.8, 4) is 17.1 Å². The molecular weight excluding hydrogens is 476 g/mol. The number of amides is 2. The predicted molar refractivity (Wildman–Crippen MR) is 142 cm³/mol. The highest BCUT2D eigenvalue weighted by Crippen LogP contribution is 2.27. The monoisotopic (exact) mass is 504 g/mol. The van der Waals surface area contributed by atoms with Gasteiger partial charge in [0.25, 0.3) is 5.91 Å². The zero-order valence-corrected chi connectivity index (χ0v) is 21.5. The lowest BCUT2D eigenvalue weighted by Gasteiger charge is -2.18. The van der Waals surface area contributed by atoms with Crippen molar-refractivity contribution in [1.29, 1.82) is 0 Å². The normalized spacial score (nSPS) is 11.9. The number of fused-ring (bicyclic) bond motifs is 1. The molecule has 0 aliphatic rings. The third kappa shape index (κ3) is 5.52. The number of benzene rings is 3. The lowest BCUT2D eigenvalue weighted by atomic mass is 10.0. The summed E-state index contributed by atoms with van der Waals surface area (Å²) < 4.78 is 7.68. The number of hydrogen-bond donors (Lipinski definition) is 2. The van der Waals surface area contributed by atoms with Crippen LogP contribution in [0, 0.1) is 0 Å². The summed E-state index contributed by atoms with van der Waals surface area (Å²) in [5, 5.41) is 5.80. The number of rotatable bonds is 8. The number of halogens is 1. The smallest absolute Gasteiger partial charge is 0.251 e. The Kier molecular flexibility index (Phi) is 7.60. The van der Waals surface area contributed by atoms with Gasteiger partial charge in [-0.15, -0.1) is 0 Å². The van der Waals surface area contributed by atoms with E-state index in [1.165, 1.54) is 0 Å². The predicted octanol–water partition coefficient (Wildman–Crippen LogP) is 4.77. The molecule has 0 aliphatic heterocycles.